The minimum atomic E-state index is -0.348. The molecule has 0 aliphatic carbocycles. The van der Waals surface area contributed by atoms with Gasteiger partial charge in [-0.25, -0.2) is 4.79 Å². The molecule has 1 saturated heterocycles. The Labute approximate surface area is 114 Å². The molecule has 1 aliphatic rings. The zero-order valence-corrected chi connectivity index (χ0v) is 11.6. The first-order valence-corrected chi connectivity index (χ1v) is 6.69. The second-order valence-corrected chi connectivity index (χ2v) is 5.05. The first-order chi connectivity index (χ1) is 9.20. The minimum Gasteiger partial charge on any atom is -0.492 e. The van der Waals surface area contributed by atoms with Crippen LogP contribution in [0, 0.1) is 5.92 Å². The van der Waals surface area contributed by atoms with E-state index < -0.39 is 0 Å². The van der Waals surface area contributed by atoms with Crippen LogP contribution in [0.5, 0.6) is 5.75 Å². The number of hydrogen-bond acceptors (Lipinski definition) is 4. The molecule has 0 saturated carbocycles. The molecule has 1 aromatic rings. The van der Waals surface area contributed by atoms with Crippen molar-refractivity contribution in [3.63, 3.8) is 0 Å². The van der Waals surface area contributed by atoms with Crippen molar-refractivity contribution in [1.82, 2.24) is 4.90 Å². The average molecular weight is 263 g/mol. The standard InChI is InChI=1S/C15H21NO3/c1-16-9-7-12(8-10-16)11-19-14-6-4-3-5-13(14)15(17)18-2/h3-6,12H,7-11H2,1-2H3. The van der Waals surface area contributed by atoms with Gasteiger partial charge in [0.1, 0.15) is 11.3 Å². The summed E-state index contributed by atoms with van der Waals surface area (Å²) in [5.41, 5.74) is 0.498. The van der Waals surface area contributed by atoms with Crippen LogP contribution in [-0.2, 0) is 4.74 Å². The molecule has 0 bridgehead atoms. The van der Waals surface area contributed by atoms with Gasteiger partial charge in [-0.1, -0.05) is 12.1 Å². The number of para-hydroxylation sites is 1. The predicted molar refractivity (Wildman–Crippen MR) is 73.5 cm³/mol. The summed E-state index contributed by atoms with van der Waals surface area (Å²) in [6.07, 6.45) is 2.30. The number of nitrogens with zero attached hydrogens (tertiary/aromatic N) is 1. The molecule has 4 heteroatoms. The first-order valence-electron chi connectivity index (χ1n) is 6.69. The van der Waals surface area contributed by atoms with E-state index in [-0.39, 0.29) is 5.97 Å². The molecule has 0 aromatic heterocycles. The van der Waals surface area contributed by atoms with Gasteiger partial charge in [0.05, 0.1) is 13.7 Å². The highest BCUT2D eigenvalue weighted by atomic mass is 16.5. The van der Waals surface area contributed by atoms with Crippen LogP contribution in [-0.4, -0.2) is 44.7 Å². The van der Waals surface area contributed by atoms with Crippen LogP contribution in [0.3, 0.4) is 0 Å². The third-order valence-electron chi connectivity index (χ3n) is 3.61. The fourth-order valence-electron chi connectivity index (χ4n) is 2.31. The summed E-state index contributed by atoms with van der Waals surface area (Å²) in [6.45, 7) is 2.90. The molecule has 1 aromatic carbocycles. The Morgan fingerprint density at radius 2 is 2.00 bits per heavy atom. The molecule has 2 rings (SSSR count). The van der Waals surface area contributed by atoms with Crippen LogP contribution in [0.25, 0.3) is 0 Å². The maximum atomic E-state index is 11.6. The van der Waals surface area contributed by atoms with Crippen LogP contribution in [0.2, 0.25) is 0 Å². The molecule has 0 amide bonds. The maximum absolute atomic E-state index is 11.6. The Bertz CT molecular complexity index is 425. The number of rotatable bonds is 4. The molecule has 0 spiro atoms. The maximum Gasteiger partial charge on any atom is 0.341 e. The summed E-state index contributed by atoms with van der Waals surface area (Å²) < 4.78 is 10.6. The molecule has 19 heavy (non-hydrogen) atoms. The molecule has 4 nitrogen and oxygen atoms in total. The van der Waals surface area contributed by atoms with Gasteiger partial charge in [0.15, 0.2) is 0 Å². The van der Waals surface area contributed by atoms with E-state index in [0.29, 0.717) is 23.8 Å². The highest BCUT2D eigenvalue weighted by Crippen LogP contribution is 2.22. The monoisotopic (exact) mass is 263 g/mol. The smallest absolute Gasteiger partial charge is 0.341 e. The van der Waals surface area contributed by atoms with E-state index in [1.165, 1.54) is 7.11 Å². The lowest BCUT2D eigenvalue weighted by Crippen LogP contribution is -2.32. The fourth-order valence-corrected chi connectivity index (χ4v) is 2.31. The SMILES string of the molecule is COC(=O)c1ccccc1OCC1CCN(C)CC1. The molecule has 104 valence electrons. The number of benzene rings is 1. The number of piperidine rings is 1. The van der Waals surface area contributed by atoms with Gasteiger partial charge in [0.2, 0.25) is 0 Å². The predicted octanol–water partition coefficient (Wildman–Crippen LogP) is 2.19. The van der Waals surface area contributed by atoms with Crippen LogP contribution >= 0.6 is 0 Å². The number of likely N-dealkylation sites (tertiary alicyclic amines) is 1. The Morgan fingerprint density at radius 3 is 2.68 bits per heavy atom. The van der Waals surface area contributed by atoms with E-state index in [2.05, 4.69) is 11.9 Å². The molecule has 1 aliphatic heterocycles. The number of esters is 1. The van der Waals surface area contributed by atoms with E-state index in [4.69, 9.17) is 9.47 Å². The Hall–Kier alpha value is -1.55. The topological polar surface area (TPSA) is 38.8 Å². The van der Waals surface area contributed by atoms with Crippen LogP contribution in [0.4, 0.5) is 0 Å². The van der Waals surface area contributed by atoms with Gasteiger partial charge in [0, 0.05) is 0 Å². The van der Waals surface area contributed by atoms with Crippen molar-refractivity contribution in [2.75, 3.05) is 33.9 Å². The molecular weight excluding hydrogens is 242 g/mol. The molecule has 0 unspecified atom stereocenters. The van der Waals surface area contributed by atoms with Crippen LogP contribution < -0.4 is 4.74 Å². The lowest BCUT2D eigenvalue weighted by atomic mass is 9.98. The van der Waals surface area contributed by atoms with Crippen molar-refractivity contribution in [3.8, 4) is 5.75 Å². The van der Waals surface area contributed by atoms with Crippen molar-refractivity contribution in [1.29, 1.82) is 0 Å². The lowest BCUT2D eigenvalue weighted by molar-refractivity contribution is 0.0594. The van der Waals surface area contributed by atoms with E-state index in [1.54, 1.807) is 6.07 Å². The quantitative estimate of drug-likeness (QED) is 0.781. The van der Waals surface area contributed by atoms with Gasteiger partial charge < -0.3 is 14.4 Å². The summed E-state index contributed by atoms with van der Waals surface area (Å²) in [5, 5.41) is 0. The molecular formula is C15H21NO3. The fraction of sp³-hybridized carbons (Fsp3) is 0.533. The van der Waals surface area contributed by atoms with Crippen molar-refractivity contribution < 1.29 is 14.3 Å². The van der Waals surface area contributed by atoms with E-state index in [0.717, 1.165) is 25.9 Å². The molecule has 1 fully saturated rings. The number of ether oxygens (including phenoxy) is 2. The van der Waals surface area contributed by atoms with E-state index >= 15 is 0 Å². The van der Waals surface area contributed by atoms with Crippen molar-refractivity contribution in [3.05, 3.63) is 29.8 Å². The Balaban J connectivity index is 1.94. The third-order valence-corrected chi connectivity index (χ3v) is 3.61. The number of hydrogen-bond donors (Lipinski definition) is 0. The highest BCUT2D eigenvalue weighted by Gasteiger charge is 2.18. The van der Waals surface area contributed by atoms with E-state index in [9.17, 15) is 4.79 Å². The second-order valence-electron chi connectivity index (χ2n) is 5.05. The Morgan fingerprint density at radius 1 is 1.32 bits per heavy atom. The van der Waals surface area contributed by atoms with Crippen LogP contribution in [0.1, 0.15) is 23.2 Å². The van der Waals surface area contributed by atoms with Gasteiger partial charge in [-0.3, -0.25) is 0 Å². The van der Waals surface area contributed by atoms with Gasteiger partial charge in [-0.2, -0.15) is 0 Å². The molecule has 0 radical (unpaired) electrons. The number of methoxy groups -OCH3 is 1. The van der Waals surface area contributed by atoms with Gasteiger partial charge in [0.25, 0.3) is 0 Å². The minimum absolute atomic E-state index is 0.348. The van der Waals surface area contributed by atoms with Crippen molar-refractivity contribution in [2.24, 2.45) is 5.92 Å². The van der Waals surface area contributed by atoms with E-state index in [1.807, 2.05) is 18.2 Å². The first kappa shape index (κ1) is 13.9. The average Bonchev–Trinajstić information content (AvgIpc) is 2.46. The second kappa shape index (κ2) is 6.57. The summed E-state index contributed by atoms with van der Waals surface area (Å²) >= 11 is 0. The number of carbonyl (C=O) groups is 1. The van der Waals surface area contributed by atoms with Crippen molar-refractivity contribution in [2.45, 2.75) is 12.8 Å². The zero-order valence-electron chi connectivity index (χ0n) is 11.6. The lowest BCUT2D eigenvalue weighted by Gasteiger charge is -2.28. The normalized spacial score (nSPS) is 17.2. The molecule has 0 atom stereocenters. The third kappa shape index (κ3) is 3.70. The molecule has 1 heterocycles. The van der Waals surface area contributed by atoms with Gasteiger partial charge in [-0.05, 0) is 51.0 Å². The van der Waals surface area contributed by atoms with Crippen LogP contribution in [0.15, 0.2) is 24.3 Å². The largest absolute Gasteiger partial charge is 0.492 e. The summed E-state index contributed by atoms with van der Waals surface area (Å²) in [6, 6.07) is 7.24. The van der Waals surface area contributed by atoms with Gasteiger partial charge >= 0.3 is 5.97 Å². The molecule has 0 N–H and O–H groups in total. The van der Waals surface area contributed by atoms with Crippen molar-refractivity contribution >= 4 is 5.97 Å². The summed E-state index contributed by atoms with van der Waals surface area (Å²) in [4.78, 5) is 14.0. The number of carbonyl (C=O) groups excluding carboxylic acids is 1. The highest BCUT2D eigenvalue weighted by molar-refractivity contribution is 5.92. The zero-order chi connectivity index (χ0) is 13.7. The van der Waals surface area contributed by atoms with Gasteiger partial charge in [-0.15, -0.1) is 0 Å². The summed E-state index contributed by atoms with van der Waals surface area (Å²) in [7, 11) is 3.53. The Kier molecular flexibility index (Phi) is 4.80. The summed E-state index contributed by atoms with van der Waals surface area (Å²) in [5.74, 6) is 0.842.